The van der Waals surface area contributed by atoms with E-state index in [1.807, 2.05) is 0 Å². The second-order valence-corrected chi connectivity index (χ2v) is 6.80. The van der Waals surface area contributed by atoms with E-state index in [1.54, 1.807) is 5.38 Å². The summed E-state index contributed by atoms with van der Waals surface area (Å²) in [6, 6.07) is 0. The second-order valence-electron chi connectivity index (χ2n) is 3.51. The Bertz CT molecular complexity index is 692. The molecule has 1 aliphatic rings. The van der Waals surface area contributed by atoms with E-state index in [9.17, 15) is 13.2 Å². The lowest BCUT2D eigenvalue weighted by molar-refractivity contribution is -0.119. The predicted octanol–water partition coefficient (Wildman–Crippen LogP) is 0.330. The number of halogens is 1. The first-order valence-electron chi connectivity index (χ1n) is 4.91. The molecule has 0 bridgehead atoms. The number of rotatable bonds is 3. The molecule has 1 aromatic heterocycles. The Morgan fingerprint density at radius 3 is 2.79 bits per heavy atom. The van der Waals surface area contributed by atoms with Crippen molar-refractivity contribution >= 4 is 49.0 Å². The van der Waals surface area contributed by atoms with Crippen molar-refractivity contribution in [2.24, 2.45) is 4.40 Å². The molecule has 2 rings (SSSR count). The van der Waals surface area contributed by atoms with Gasteiger partial charge in [0.1, 0.15) is 27.6 Å². The molecular weight excluding hydrogens is 358 g/mol. The van der Waals surface area contributed by atoms with Gasteiger partial charge in [-0.1, -0.05) is 0 Å². The van der Waals surface area contributed by atoms with Crippen LogP contribution in [0.25, 0.3) is 0 Å². The third-order valence-electron chi connectivity index (χ3n) is 2.30. The van der Waals surface area contributed by atoms with Gasteiger partial charge in [-0.25, -0.2) is 4.98 Å². The fourth-order valence-electron chi connectivity index (χ4n) is 1.37. The summed E-state index contributed by atoms with van der Waals surface area (Å²) in [7, 11) is -2.78. The molecule has 102 valence electrons. The number of thiazole rings is 1. The van der Waals surface area contributed by atoms with Gasteiger partial charge in [-0.2, -0.15) is 8.42 Å². The van der Waals surface area contributed by atoms with E-state index in [-0.39, 0.29) is 11.4 Å². The van der Waals surface area contributed by atoms with Crippen molar-refractivity contribution in [2.75, 3.05) is 13.7 Å². The second kappa shape index (κ2) is 5.12. The van der Waals surface area contributed by atoms with Gasteiger partial charge in [0.2, 0.25) is 5.78 Å². The van der Waals surface area contributed by atoms with Crippen LogP contribution in [-0.2, 0) is 15.0 Å². The van der Waals surface area contributed by atoms with Crippen LogP contribution in [0.5, 0.6) is 0 Å². The number of carbonyl (C=O) groups excluding carboxylic acids is 1. The van der Waals surface area contributed by atoms with Gasteiger partial charge in [0.05, 0.1) is 0 Å². The molecule has 7 nitrogen and oxygen atoms in total. The monoisotopic (exact) mass is 365 g/mol. The van der Waals surface area contributed by atoms with Crippen LogP contribution >= 0.6 is 27.3 Å². The number of hydrogen-bond acceptors (Lipinski definition) is 6. The molecule has 0 spiro atoms. The number of Topliss-reactive ketones (excluding diaryl/α,β-unsaturated/α-hetero) is 1. The average molecular weight is 366 g/mol. The molecule has 0 aromatic carbocycles. The normalized spacial score (nSPS) is 17.9. The summed E-state index contributed by atoms with van der Waals surface area (Å²) in [6.07, 6.45) is 1.30. The Hall–Kier alpha value is -1.10. The van der Waals surface area contributed by atoms with Crippen LogP contribution < -0.4 is 0 Å². The van der Waals surface area contributed by atoms with E-state index in [2.05, 4.69) is 25.3 Å². The zero-order valence-electron chi connectivity index (χ0n) is 9.57. The highest BCUT2D eigenvalue weighted by atomic mass is 79.9. The minimum absolute atomic E-state index is 0.0746. The van der Waals surface area contributed by atoms with E-state index in [0.29, 0.717) is 9.61 Å². The van der Waals surface area contributed by atoms with E-state index in [0.717, 1.165) is 4.31 Å². The van der Waals surface area contributed by atoms with Gasteiger partial charge in [-0.3, -0.25) is 9.10 Å². The number of hydrogen-bond donors (Lipinski definition) is 1. The number of ketones is 1. The lowest BCUT2D eigenvalue weighted by Crippen LogP contribution is -2.34. The van der Waals surface area contributed by atoms with Gasteiger partial charge in [-0.05, 0) is 22.0 Å². The summed E-state index contributed by atoms with van der Waals surface area (Å²) in [5.41, 5.74) is -0.0653. The lowest BCUT2D eigenvalue weighted by atomic mass is 10.2. The van der Waals surface area contributed by atoms with Gasteiger partial charge < -0.3 is 5.11 Å². The number of carbonyl (C=O) groups is 1. The van der Waals surface area contributed by atoms with E-state index in [1.165, 1.54) is 24.5 Å². The Labute approximate surface area is 121 Å². The van der Waals surface area contributed by atoms with Crippen molar-refractivity contribution in [3.05, 3.63) is 26.8 Å². The van der Waals surface area contributed by atoms with Crippen molar-refractivity contribution in [3.8, 4) is 0 Å². The maximum Gasteiger partial charge on any atom is 0.345 e. The summed E-state index contributed by atoms with van der Waals surface area (Å²) in [5, 5.41) is 10.9. The van der Waals surface area contributed by atoms with Crippen LogP contribution in [0.4, 0.5) is 0 Å². The molecule has 1 aliphatic heterocycles. The third kappa shape index (κ3) is 2.76. The van der Waals surface area contributed by atoms with E-state index >= 15 is 0 Å². The number of aliphatic hydroxyl groups excluding tert-OH is 1. The molecular formula is C9H8BrN3O4S2. The zero-order valence-corrected chi connectivity index (χ0v) is 12.8. The summed E-state index contributed by atoms with van der Waals surface area (Å²) in [6.45, 7) is -0.777. The molecule has 1 aromatic rings. The van der Waals surface area contributed by atoms with Crippen molar-refractivity contribution in [1.29, 1.82) is 0 Å². The molecule has 1 N–H and O–H groups in total. The number of aromatic nitrogens is 1. The van der Waals surface area contributed by atoms with Crippen molar-refractivity contribution in [3.63, 3.8) is 0 Å². The van der Waals surface area contributed by atoms with Gasteiger partial charge in [0, 0.05) is 12.4 Å². The van der Waals surface area contributed by atoms with Crippen LogP contribution in [0.3, 0.4) is 0 Å². The zero-order chi connectivity index (χ0) is 14.2. The molecule has 19 heavy (non-hydrogen) atoms. The number of aliphatic hydroxyl groups is 1. The first-order valence-corrected chi connectivity index (χ1v) is 7.98. The molecule has 0 atom stereocenters. The minimum atomic E-state index is -3.98. The highest BCUT2D eigenvalue weighted by Gasteiger charge is 2.30. The topological polar surface area (TPSA) is 99.9 Å². The fourth-order valence-corrected chi connectivity index (χ4v) is 3.55. The summed E-state index contributed by atoms with van der Waals surface area (Å²) >= 11 is 4.34. The fraction of sp³-hybridized carbons (Fsp3) is 0.222. The van der Waals surface area contributed by atoms with Gasteiger partial charge in [0.15, 0.2) is 0 Å². The molecule has 0 amide bonds. The maximum absolute atomic E-state index is 11.8. The Morgan fingerprint density at radius 1 is 1.58 bits per heavy atom. The third-order valence-corrected chi connectivity index (χ3v) is 5.19. The quantitative estimate of drug-likeness (QED) is 0.831. The van der Waals surface area contributed by atoms with Gasteiger partial charge in [0.25, 0.3) is 0 Å². The number of nitrogens with zero attached hydrogens (tertiary/aromatic N) is 3. The van der Waals surface area contributed by atoms with Crippen LogP contribution in [0, 0.1) is 0 Å². The highest BCUT2D eigenvalue weighted by molar-refractivity contribution is 9.10. The van der Waals surface area contributed by atoms with Gasteiger partial charge in [-0.15, -0.1) is 15.7 Å². The SMILES string of the molecule is CN1C(C(=O)CO)=CC(c2nc(Br)cs2)=NS1(=O)=O. The van der Waals surface area contributed by atoms with Crippen LogP contribution in [0.1, 0.15) is 5.01 Å². The smallest absolute Gasteiger partial charge is 0.345 e. The minimum Gasteiger partial charge on any atom is -0.388 e. The Balaban J connectivity index is 2.55. The number of likely N-dealkylation sites (N-methyl/N-ethyl adjacent to an activating group) is 1. The van der Waals surface area contributed by atoms with E-state index < -0.39 is 22.6 Å². The molecule has 2 heterocycles. The van der Waals surface area contributed by atoms with E-state index in [4.69, 9.17) is 5.11 Å². The summed E-state index contributed by atoms with van der Waals surface area (Å²) < 4.78 is 28.5. The summed E-state index contributed by atoms with van der Waals surface area (Å²) in [5.74, 6) is -0.700. The van der Waals surface area contributed by atoms with Crippen LogP contribution in [0.2, 0.25) is 0 Å². The van der Waals surface area contributed by atoms with Crippen LogP contribution in [-0.4, -0.2) is 48.0 Å². The molecule has 0 radical (unpaired) electrons. The number of allylic oxidation sites excluding steroid dienone is 1. The maximum atomic E-state index is 11.8. The largest absolute Gasteiger partial charge is 0.388 e. The van der Waals surface area contributed by atoms with Crippen molar-refractivity contribution in [1.82, 2.24) is 9.29 Å². The molecule has 0 fully saturated rings. The Kier molecular flexibility index (Phi) is 3.85. The lowest BCUT2D eigenvalue weighted by Gasteiger charge is -2.22. The molecule has 0 saturated heterocycles. The molecule has 0 unspecified atom stereocenters. The first kappa shape index (κ1) is 14.3. The molecule has 0 aliphatic carbocycles. The summed E-state index contributed by atoms with van der Waals surface area (Å²) in [4.78, 5) is 15.6. The highest BCUT2D eigenvalue weighted by Crippen LogP contribution is 2.23. The Morgan fingerprint density at radius 2 is 2.26 bits per heavy atom. The van der Waals surface area contributed by atoms with Crippen LogP contribution in [0.15, 0.2) is 26.2 Å². The molecule has 10 heteroatoms. The first-order chi connectivity index (χ1) is 8.85. The predicted molar refractivity (Wildman–Crippen MR) is 73.2 cm³/mol. The standard InChI is InChI=1S/C9H8BrN3O4S2/c1-13-6(7(15)3-14)2-5(12-19(13,16)17)9-11-8(10)4-18-9/h2,4,14H,3H2,1H3. The van der Waals surface area contributed by atoms with Crippen molar-refractivity contribution in [2.45, 2.75) is 0 Å². The van der Waals surface area contributed by atoms with Gasteiger partial charge >= 0.3 is 10.2 Å². The molecule has 0 saturated carbocycles. The van der Waals surface area contributed by atoms with Crippen molar-refractivity contribution < 1.29 is 18.3 Å². The average Bonchev–Trinajstić information content (AvgIpc) is 2.78.